The van der Waals surface area contributed by atoms with Gasteiger partial charge in [0.05, 0.1) is 25.1 Å². The molecule has 1 atom stereocenters. The number of amides is 1. The van der Waals surface area contributed by atoms with Crippen LogP contribution in [0.15, 0.2) is 43.0 Å². The zero-order valence-corrected chi connectivity index (χ0v) is 23.6. The molecule has 0 bridgehead atoms. The first kappa shape index (κ1) is 30.4. The number of hydrogen-bond acceptors (Lipinski definition) is 8. The van der Waals surface area contributed by atoms with Crippen molar-refractivity contribution in [1.82, 2.24) is 30.2 Å². The van der Waals surface area contributed by atoms with E-state index < -0.39 is 0 Å². The van der Waals surface area contributed by atoms with Crippen LogP contribution in [0.4, 0.5) is 5.82 Å². The predicted molar refractivity (Wildman–Crippen MR) is 153 cm³/mol. The van der Waals surface area contributed by atoms with E-state index in [4.69, 9.17) is 9.47 Å². The van der Waals surface area contributed by atoms with Crippen molar-refractivity contribution in [3.63, 3.8) is 0 Å². The number of ether oxygens (including phenoxy) is 2. The van der Waals surface area contributed by atoms with Gasteiger partial charge in [-0.05, 0) is 31.9 Å². The van der Waals surface area contributed by atoms with Crippen LogP contribution in [-0.4, -0.2) is 70.8 Å². The van der Waals surface area contributed by atoms with E-state index in [9.17, 15) is 4.79 Å². The van der Waals surface area contributed by atoms with Crippen LogP contribution < -0.4 is 15.0 Å². The van der Waals surface area contributed by atoms with Gasteiger partial charge >= 0.3 is 0 Å². The molecule has 4 aromatic rings. The molecule has 10 nitrogen and oxygen atoms in total. The molecule has 0 saturated carbocycles. The maximum absolute atomic E-state index is 12.1. The summed E-state index contributed by atoms with van der Waals surface area (Å²) in [5, 5.41) is 3.67. The molecule has 1 saturated heterocycles. The van der Waals surface area contributed by atoms with Crippen molar-refractivity contribution in [1.29, 1.82) is 0 Å². The van der Waals surface area contributed by atoms with E-state index in [0.717, 1.165) is 41.0 Å². The molecule has 0 aliphatic carbocycles. The number of benzene rings is 1. The van der Waals surface area contributed by atoms with E-state index in [2.05, 4.69) is 35.1 Å². The van der Waals surface area contributed by atoms with Crippen molar-refractivity contribution < 1.29 is 14.3 Å². The Kier molecular flexibility index (Phi) is 12.9. The Morgan fingerprint density at radius 3 is 2.47 bits per heavy atom. The Balaban J connectivity index is 0.000000246. The lowest BCUT2D eigenvalue weighted by Crippen LogP contribution is -2.32. The zero-order valence-electron chi connectivity index (χ0n) is 23.6. The summed E-state index contributed by atoms with van der Waals surface area (Å²) in [4.78, 5) is 34.3. The first-order valence-corrected chi connectivity index (χ1v) is 13.2. The van der Waals surface area contributed by atoms with E-state index >= 15 is 0 Å². The molecule has 1 aliphatic heterocycles. The number of methoxy groups -OCH3 is 2. The molecule has 0 radical (unpaired) electrons. The summed E-state index contributed by atoms with van der Waals surface area (Å²) in [5.41, 5.74) is 2.77. The standard InChI is InChI=1S/C15H18N2O3.C9H11N5.2C2H6/c1-10(19-2)9-16-15(18)13-8-14(20-3)11-6-4-5-7-12(11)17-13;1-2-4-14(3-1)9-7-8(11-5-10-7)12-6-13-9;2*1-2/h4-8,10H,9H2,1-3H3,(H,16,18);5-6H,1-4H2,(H,10,11,12,13);2*1-2H3. The maximum Gasteiger partial charge on any atom is 0.270 e. The lowest BCUT2D eigenvalue weighted by molar-refractivity contribution is 0.0866. The molecule has 10 heteroatoms. The van der Waals surface area contributed by atoms with Crippen molar-refractivity contribution >= 4 is 33.8 Å². The van der Waals surface area contributed by atoms with Gasteiger partial charge in [-0.25, -0.2) is 19.9 Å². The fourth-order valence-corrected chi connectivity index (χ4v) is 3.76. The molecule has 0 spiro atoms. The minimum Gasteiger partial charge on any atom is -0.496 e. The molecule has 1 aliphatic rings. The number of aromatic amines is 1. The number of anilines is 1. The highest BCUT2D eigenvalue weighted by Crippen LogP contribution is 2.25. The van der Waals surface area contributed by atoms with Crippen LogP contribution in [-0.2, 0) is 4.74 Å². The third-order valence-corrected chi connectivity index (χ3v) is 5.69. The second-order valence-corrected chi connectivity index (χ2v) is 7.98. The minimum atomic E-state index is -0.238. The van der Waals surface area contributed by atoms with Crippen LogP contribution in [0, 0.1) is 0 Å². The predicted octanol–water partition coefficient (Wildman–Crippen LogP) is 5.01. The largest absolute Gasteiger partial charge is 0.496 e. The van der Waals surface area contributed by atoms with E-state index in [0.29, 0.717) is 18.0 Å². The van der Waals surface area contributed by atoms with Gasteiger partial charge in [0.25, 0.3) is 5.91 Å². The van der Waals surface area contributed by atoms with Crippen molar-refractivity contribution in [3.8, 4) is 5.75 Å². The van der Waals surface area contributed by atoms with Crippen molar-refractivity contribution in [2.24, 2.45) is 0 Å². The summed E-state index contributed by atoms with van der Waals surface area (Å²) in [6.45, 7) is 12.5. The quantitative estimate of drug-likeness (QED) is 0.362. The number of aromatic nitrogens is 5. The number of para-hydroxylation sites is 1. The number of carbonyl (C=O) groups excluding carboxylic acids is 1. The number of imidazole rings is 1. The number of rotatable bonds is 6. The van der Waals surface area contributed by atoms with Gasteiger partial charge in [-0.3, -0.25) is 4.79 Å². The van der Waals surface area contributed by atoms with Gasteiger partial charge in [-0.2, -0.15) is 0 Å². The summed E-state index contributed by atoms with van der Waals surface area (Å²) >= 11 is 0. The Labute approximate surface area is 225 Å². The third-order valence-electron chi connectivity index (χ3n) is 5.69. The van der Waals surface area contributed by atoms with Crippen LogP contribution in [0.1, 0.15) is 57.9 Å². The van der Waals surface area contributed by atoms with Crippen molar-refractivity contribution in [2.45, 2.75) is 53.6 Å². The Morgan fingerprint density at radius 1 is 1.08 bits per heavy atom. The van der Waals surface area contributed by atoms with Gasteiger partial charge in [-0.1, -0.05) is 39.8 Å². The second kappa shape index (κ2) is 16.1. The summed E-state index contributed by atoms with van der Waals surface area (Å²) in [7, 11) is 3.19. The van der Waals surface area contributed by atoms with Gasteiger partial charge in [0.2, 0.25) is 0 Å². The lowest BCUT2D eigenvalue weighted by Gasteiger charge is -2.15. The van der Waals surface area contributed by atoms with Gasteiger partial charge in [0.15, 0.2) is 11.5 Å². The Morgan fingerprint density at radius 2 is 1.79 bits per heavy atom. The molecule has 38 heavy (non-hydrogen) atoms. The summed E-state index contributed by atoms with van der Waals surface area (Å²) in [5.74, 6) is 1.39. The molecule has 3 aromatic heterocycles. The monoisotopic (exact) mass is 523 g/mol. The number of H-pyrrole nitrogens is 1. The molecule has 1 aromatic carbocycles. The molecular weight excluding hydrogens is 482 g/mol. The van der Waals surface area contributed by atoms with Gasteiger partial charge in [0.1, 0.15) is 23.3 Å². The number of nitrogens with zero attached hydrogens (tertiary/aromatic N) is 5. The Hall–Kier alpha value is -3.79. The van der Waals surface area contributed by atoms with Gasteiger partial charge in [-0.15, -0.1) is 0 Å². The number of carbonyl (C=O) groups is 1. The second-order valence-electron chi connectivity index (χ2n) is 7.98. The van der Waals surface area contributed by atoms with Crippen LogP contribution in [0.2, 0.25) is 0 Å². The topological polar surface area (TPSA) is 118 Å². The average Bonchev–Trinajstić information content (AvgIpc) is 3.70. The summed E-state index contributed by atoms with van der Waals surface area (Å²) in [6.07, 6.45) is 5.70. The van der Waals surface area contributed by atoms with Crippen LogP contribution in [0.5, 0.6) is 5.75 Å². The first-order chi connectivity index (χ1) is 18.6. The first-order valence-electron chi connectivity index (χ1n) is 13.2. The summed E-state index contributed by atoms with van der Waals surface area (Å²) < 4.78 is 10.4. The SMILES string of the molecule is CC.CC.COc1cc(C(=O)NCC(C)OC)nc2ccccc12.c1nc(N2CCCC2)c2[nH]cnc2n1. The molecule has 1 fully saturated rings. The highest BCUT2D eigenvalue weighted by atomic mass is 16.5. The lowest BCUT2D eigenvalue weighted by atomic mass is 10.1. The zero-order chi connectivity index (χ0) is 27.9. The molecular formula is C28H41N7O3. The number of fused-ring (bicyclic) bond motifs is 2. The van der Waals surface area contributed by atoms with Crippen molar-refractivity contribution in [2.75, 3.05) is 38.8 Å². The van der Waals surface area contributed by atoms with E-state index in [1.54, 1.807) is 32.9 Å². The molecule has 1 unspecified atom stereocenters. The normalized spacial score (nSPS) is 12.9. The van der Waals surface area contributed by atoms with Crippen molar-refractivity contribution in [3.05, 3.63) is 48.7 Å². The average molecular weight is 524 g/mol. The third kappa shape index (κ3) is 7.85. The van der Waals surface area contributed by atoms with Crippen LogP contribution in [0.3, 0.4) is 0 Å². The number of nitrogens with one attached hydrogen (secondary N) is 2. The Bertz CT molecular complexity index is 1260. The highest BCUT2D eigenvalue weighted by molar-refractivity contribution is 5.97. The fraction of sp³-hybridized carbons (Fsp3) is 0.464. The van der Waals surface area contributed by atoms with Crippen LogP contribution in [0.25, 0.3) is 22.1 Å². The molecule has 206 valence electrons. The fourth-order valence-electron chi connectivity index (χ4n) is 3.76. The maximum atomic E-state index is 12.1. The van der Waals surface area contributed by atoms with Crippen LogP contribution >= 0.6 is 0 Å². The number of pyridine rings is 1. The minimum absolute atomic E-state index is 0.0405. The molecule has 1 amide bonds. The molecule has 4 heterocycles. The van der Waals surface area contributed by atoms with E-state index in [1.807, 2.05) is 58.9 Å². The molecule has 2 N–H and O–H groups in total. The number of hydrogen-bond donors (Lipinski definition) is 2. The molecule has 5 rings (SSSR count). The van der Waals surface area contributed by atoms with E-state index in [-0.39, 0.29) is 12.0 Å². The highest BCUT2D eigenvalue weighted by Gasteiger charge is 2.17. The van der Waals surface area contributed by atoms with Gasteiger partial charge in [0, 0.05) is 38.2 Å². The van der Waals surface area contributed by atoms with E-state index in [1.165, 1.54) is 12.8 Å². The smallest absolute Gasteiger partial charge is 0.270 e. The summed E-state index contributed by atoms with van der Waals surface area (Å²) in [6, 6.07) is 9.20. The van der Waals surface area contributed by atoms with Gasteiger partial charge < -0.3 is 24.7 Å².